The van der Waals surface area contributed by atoms with Crippen LogP contribution in [0.25, 0.3) is 11.0 Å². The molecule has 0 aliphatic rings. The van der Waals surface area contributed by atoms with Crippen LogP contribution in [0.15, 0.2) is 22.7 Å². The molecule has 0 N–H and O–H groups in total. The number of benzene rings is 1. The van der Waals surface area contributed by atoms with Gasteiger partial charge in [-0.25, -0.2) is 4.79 Å². The van der Waals surface area contributed by atoms with Crippen LogP contribution in [0.4, 0.5) is 0 Å². The third-order valence-corrected chi connectivity index (χ3v) is 2.57. The Hall–Kier alpha value is -1.11. The van der Waals surface area contributed by atoms with Crippen LogP contribution in [0.3, 0.4) is 0 Å². The van der Waals surface area contributed by atoms with E-state index >= 15 is 0 Å². The number of carbonyl (C=O) groups excluding carboxylic acids is 1. The van der Waals surface area contributed by atoms with Gasteiger partial charge in [0.1, 0.15) is 0 Å². The SMILES string of the molecule is CCOC(=O)c1noc2cc(I)ccc12. The molecule has 0 bridgehead atoms. The van der Waals surface area contributed by atoms with Crippen LogP contribution in [0.2, 0.25) is 0 Å². The fraction of sp³-hybridized carbons (Fsp3) is 0.200. The number of fused-ring (bicyclic) bond motifs is 1. The van der Waals surface area contributed by atoms with E-state index in [0.29, 0.717) is 17.6 Å². The molecule has 0 aliphatic carbocycles. The van der Waals surface area contributed by atoms with Crippen molar-refractivity contribution in [2.45, 2.75) is 6.92 Å². The molecule has 2 aromatic rings. The third-order valence-electron chi connectivity index (χ3n) is 1.90. The third kappa shape index (κ3) is 1.97. The Labute approximate surface area is 99.7 Å². The minimum absolute atomic E-state index is 0.239. The minimum Gasteiger partial charge on any atom is -0.461 e. The van der Waals surface area contributed by atoms with Crippen LogP contribution in [0.5, 0.6) is 0 Å². The number of halogens is 1. The van der Waals surface area contributed by atoms with Gasteiger partial charge in [0.15, 0.2) is 11.3 Å². The molecular formula is C10H8INO3. The summed E-state index contributed by atoms with van der Waals surface area (Å²) in [4.78, 5) is 11.5. The first-order valence-electron chi connectivity index (χ1n) is 4.44. The molecule has 0 aliphatic heterocycles. The molecule has 0 unspecified atom stereocenters. The minimum atomic E-state index is -0.447. The molecule has 1 aromatic heterocycles. The summed E-state index contributed by atoms with van der Waals surface area (Å²) in [6, 6.07) is 5.52. The Morgan fingerprint density at radius 1 is 1.60 bits per heavy atom. The lowest BCUT2D eigenvalue weighted by Gasteiger charge is -1.96. The Balaban J connectivity index is 2.49. The van der Waals surface area contributed by atoms with Crippen molar-refractivity contribution in [2.24, 2.45) is 0 Å². The van der Waals surface area contributed by atoms with Gasteiger partial charge in [0.25, 0.3) is 0 Å². The average Bonchev–Trinajstić information content (AvgIpc) is 2.60. The number of carbonyl (C=O) groups is 1. The highest BCUT2D eigenvalue weighted by Gasteiger charge is 2.16. The lowest BCUT2D eigenvalue weighted by molar-refractivity contribution is 0.0517. The molecule has 5 heteroatoms. The van der Waals surface area contributed by atoms with Crippen molar-refractivity contribution < 1.29 is 14.1 Å². The Morgan fingerprint density at radius 2 is 2.40 bits per heavy atom. The van der Waals surface area contributed by atoms with Crippen LogP contribution in [-0.4, -0.2) is 17.7 Å². The highest BCUT2D eigenvalue weighted by atomic mass is 127. The van der Waals surface area contributed by atoms with E-state index in [-0.39, 0.29) is 5.69 Å². The zero-order chi connectivity index (χ0) is 10.8. The van der Waals surface area contributed by atoms with Gasteiger partial charge in [-0.3, -0.25) is 0 Å². The predicted molar refractivity (Wildman–Crippen MR) is 62.7 cm³/mol. The molecule has 1 heterocycles. The molecule has 0 saturated heterocycles. The van der Waals surface area contributed by atoms with Gasteiger partial charge in [-0.1, -0.05) is 5.16 Å². The van der Waals surface area contributed by atoms with E-state index in [1.54, 1.807) is 13.0 Å². The summed E-state index contributed by atoms with van der Waals surface area (Å²) >= 11 is 2.17. The van der Waals surface area contributed by atoms with Crippen molar-refractivity contribution >= 4 is 39.5 Å². The molecule has 0 spiro atoms. The lowest BCUT2D eigenvalue weighted by Crippen LogP contribution is -2.05. The first-order valence-corrected chi connectivity index (χ1v) is 5.52. The monoisotopic (exact) mass is 317 g/mol. The predicted octanol–water partition coefficient (Wildman–Crippen LogP) is 2.61. The van der Waals surface area contributed by atoms with Crippen LogP contribution in [-0.2, 0) is 4.74 Å². The fourth-order valence-corrected chi connectivity index (χ4v) is 1.72. The lowest BCUT2D eigenvalue weighted by atomic mass is 10.2. The van der Waals surface area contributed by atoms with E-state index in [1.165, 1.54) is 0 Å². The van der Waals surface area contributed by atoms with E-state index in [1.807, 2.05) is 12.1 Å². The van der Waals surface area contributed by atoms with Gasteiger partial charge >= 0.3 is 5.97 Å². The van der Waals surface area contributed by atoms with Crippen molar-refractivity contribution in [3.63, 3.8) is 0 Å². The topological polar surface area (TPSA) is 52.3 Å². The Bertz CT molecular complexity index is 506. The molecule has 0 atom stereocenters. The molecule has 78 valence electrons. The maximum atomic E-state index is 11.5. The summed E-state index contributed by atoms with van der Waals surface area (Å²) in [5.41, 5.74) is 0.841. The molecule has 0 radical (unpaired) electrons. The number of nitrogens with zero attached hydrogens (tertiary/aromatic N) is 1. The quantitative estimate of drug-likeness (QED) is 0.631. The van der Waals surface area contributed by atoms with Crippen molar-refractivity contribution in [3.05, 3.63) is 27.5 Å². The highest BCUT2D eigenvalue weighted by molar-refractivity contribution is 14.1. The normalized spacial score (nSPS) is 10.5. The Kier molecular flexibility index (Phi) is 2.90. The van der Waals surface area contributed by atoms with Crippen LogP contribution in [0, 0.1) is 3.57 Å². The van der Waals surface area contributed by atoms with Crippen LogP contribution in [0.1, 0.15) is 17.4 Å². The van der Waals surface area contributed by atoms with Crippen molar-refractivity contribution in [3.8, 4) is 0 Å². The molecular weight excluding hydrogens is 309 g/mol. The number of aromatic nitrogens is 1. The molecule has 15 heavy (non-hydrogen) atoms. The molecule has 0 saturated carbocycles. The fourth-order valence-electron chi connectivity index (χ4n) is 1.26. The summed E-state index contributed by atoms with van der Waals surface area (Å²) in [6.07, 6.45) is 0. The maximum absolute atomic E-state index is 11.5. The summed E-state index contributed by atoms with van der Waals surface area (Å²) in [5, 5.41) is 4.39. The largest absolute Gasteiger partial charge is 0.461 e. The van der Waals surface area contributed by atoms with Gasteiger partial charge in [0.2, 0.25) is 0 Å². The molecule has 0 fully saturated rings. The van der Waals surface area contributed by atoms with E-state index < -0.39 is 5.97 Å². The first-order chi connectivity index (χ1) is 7.22. The van der Waals surface area contributed by atoms with Crippen molar-refractivity contribution in [1.82, 2.24) is 5.16 Å². The number of hydrogen-bond acceptors (Lipinski definition) is 4. The smallest absolute Gasteiger partial charge is 0.361 e. The summed E-state index contributed by atoms with van der Waals surface area (Å²) in [5.74, 6) is -0.447. The number of rotatable bonds is 2. The van der Waals surface area contributed by atoms with Crippen molar-refractivity contribution in [2.75, 3.05) is 6.61 Å². The van der Waals surface area contributed by atoms with Gasteiger partial charge in [-0.2, -0.15) is 0 Å². The van der Waals surface area contributed by atoms with E-state index in [2.05, 4.69) is 27.7 Å². The average molecular weight is 317 g/mol. The second kappa shape index (κ2) is 4.18. The number of hydrogen-bond donors (Lipinski definition) is 0. The second-order valence-electron chi connectivity index (χ2n) is 2.89. The maximum Gasteiger partial charge on any atom is 0.361 e. The van der Waals surface area contributed by atoms with Gasteiger partial charge in [-0.05, 0) is 47.7 Å². The standard InChI is InChI=1S/C10H8INO3/c1-2-14-10(13)9-7-4-3-6(11)5-8(7)15-12-9/h3-5H,2H2,1H3. The highest BCUT2D eigenvalue weighted by Crippen LogP contribution is 2.21. The number of ether oxygens (including phenoxy) is 1. The summed E-state index contributed by atoms with van der Waals surface area (Å²) in [7, 11) is 0. The van der Waals surface area contributed by atoms with Gasteiger partial charge in [0, 0.05) is 3.57 Å². The zero-order valence-electron chi connectivity index (χ0n) is 7.99. The Morgan fingerprint density at radius 3 is 3.13 bits per heavy atom. The first kappa shape index (κ1) is 10.4. The van der Waals surface area contributed by atoms with Gasteiger partial charge in [-0.15, -0.1) is 0 Å². The molecule has 0 amide bonds. The van der Waals surface area contributed by atoms with Crippen molar-refractivity contribution in [1.29, 1.82) is 0 Å². The van der Waals surface area contributed by atoms with E-state index in [0.717, 1.165) is 3.57 Å². The van der Waals surface area contributed by atoms with Crippen LogP contribution < -0.4 is 0 Å². The number of esters is 1. The van der Waals surface area contributed by atoms with Gasteiger partial charge in [0.05, 0.1) is 12.0 Å². The van der Waals surface area contributed by atoms with E-state index in [9.17, 15) is 4.79 Å². The molecule has 2 rings (SSSR count). The van der Waals surface area contributed by atoms with Crippen LogP contribution >= 0.6 is 22.6 Å². The molecule has 1 aromatic carbocycles. The van der Waals surface area contributed by atoms with E-state index in [4.69, 9.17) is 9.26 Å². The summed E-state index contributed by atoms with van der Waals surface area (Å²) < 4.78 is 10.9. The van der Waals surface area contributed by atoms with Gasteiger partial charge < -0.3 is 9.26 Å². The molecule has 4 nitrogen and oxygen atoms in total. The zero-order valence-corrected chi connectivity index (χ0v) is 10.1. The summed E-state index contributed by atoms with van der Waals surface area (Å²) in [6.45, 7) is 2.08. The second-order valence-corrected chi connectivity index (χ2v) is 4.14.